The lowest BCUT2D eigenvalue weighted by Gasteiger charge is -2.31. The normalized spacial score (nSPS) is 12.4. The Kier molecular flexibility index (Phi) is 13.5. The Morgan fingerprint density at radius 3 is 1.22 bits per heavy atom. The smallest absolute Gasteiger partial charge is 0.316 e. The van der Waals surface area contributed by atoms with Crippen molar-refractivity contribution in [1.29, 1.82) is 0 Å². The molecule has 5 aromatic carbocycles. The third-order valence-electron chi connectivity index (χ3n) is 10.3. The number of carbonyl (C=O) groups is 2. The van der Waals surface area contributed by atoms with Crippen molar-refractivity contribution in [2.24, 2.45) is 10.8 Å². The lowest BCUT2D eigenvalue weighted by atomic mass is 9.75. The van der Waals surface area contributed by atoms with Crippen LogP contribution in [0.25, 0.3) is 0 Å². The quantitative estimate of drug-likeness (QED) is 0.0545. The first-order chi connectivity index (χ1) is 27.6. The van der Waals surface area contributed by atoms with Gasteiger partial charge in [-0.15, -0.1) is 0 Å². The molecule has 0 atom stereocenters. The van der Waals surface area contributed by atoms with E-state index in [0.29, 0.717) is 35.4 Å². The summed E-state index contributed by atoms with van der Waals surface area (Å²) in [4.78, 5) is 26.2. The fourth-order valence-corrected chi connectivity index (χ4v) is 8.02. The molecule has 0 radical (unpaired) electrons. The fourth-order valence-electron chi connectivity index (χ4n) is 6.76. The first-order valence-electron chi connectivity index (χ1n) is 19.6. The van der Waals surface area contributed by atoms with Crippen LogP contribution in [0, 0.1) is 10.8 Å². The van der Waals surface area contributed by atoms with E-state index in [2.05, 4.69) is 34.6 Å². The van der Waals surface area contributed by atoms with Gasteiger partial charge in [0.2, 0.25) is 9.84 Å². The first-order valence-corrected chi connectivity index (χ1v) is 21.1. The summed E-state index contributed by atoms with van der Waals surface area (Å²) in [6.07, 6.45) is 0.239. The molecule has 0 amide bonds. The molecule has 0 N–H and O–H groups in total. The van der Waals surface area contributed by atoms with Crippen molar-refractivity contribution in [2.75, 3.05) is 20.3 Å². The van der Waals surface area contributed by atoms with Crippen LogP contribution in [0.15, 0.2) is 131 Å². The van der Waals surface area contributed by atoms with Gasteiger partial charge in [0.25, 0.3) is 0 Å². The van der Waals surface area contributed by atoms with Crippen molar-refractivity contribution >= 4 is 21.8 Å². The molecule has 0 spiro atoms. The second kappa shape index (κ2) is 17.8. The van der Waals surface area contributed by atoms with Gasteiger partial charge in [0.15, 0.2) is 0 Å². The Morgan fingerprint density at radius 1 is 0.475 bits per heavy atom. The number of hydrogen-bond acceptors (Lipinski definition) is 9. The molecule has 9 nitrogen and oxygen atoms in total. The molecule has 0 heterocycles. The van der Waals surface area contributed by atoms with Crippen molar-refractivity contribution < 1.29 is 41.7 Å². The van der Waals surface area contributed by atoms with Gasteiger partial charge < -0.3 is 23.7 Å². The summed E-state index contributed by atoms with van der Waals surface area (Å²) in [7, 11) is -2.24. The minimum absolute atomic E-state index is 0.0346. The number of ether oxygens (including phenoxy) is 5. The molecule has 0 aliphatic rings. The highest BCUT2D eigenvalue weighted by molar-refractivity contribution is 7.91. The zero-order valence-corrected chi connectivity index (χ0v) is 36.6. The third kappa shape index (κ3) is 11.2. The fraction of sp³-hybridized carbons (Fsp3) is 0.347. The van der Waals surface area contributed by atoms with Crippen molar-refractivity contribution in [2.45, 2.75) is 89.4 Å². The van der Waals surface area contributed by atoms with Crippen molar-refractivity contribution in [3.05, 3.63) is 138 Å². The summed E-state index contributed by atoms with van der Waals surface area (Å²) in [5, 5.41) is 0. The molecule has 5 rings (SSSR count). The highest BCUT2D eigenvalue weighted by Gasteiger charge is 2.41. The van der Waals surface area contributed by atoms with Gasteiger partial charge in [0, 0.05) is 12.5 Å². The van der Waals surface area contributed by atoms with Crippen LogP contribution in [0.2, 0.25) is 0 Å². The molecule has 312 valence electrons. The zero-order valence-electron chi connectivity index (χ0n) is 35.8. The van der Waals surface area contributed by atoms with Crippen LogP contribution < -0.4 is 14.2 Å². The highest BCUT2D eigenvalue weighted by atomic mass is 32.2. The van der Waals surface area contributed by atoms with E-state index in [0.717, 1.165) is 11.1 Å². The standard InChI is InChI=1S/C49H56O9S/c1-46(2,3)34-11-17-37(18-12-34)56-39-23-27-42(28-24-39)59(52,53)43-29-25-40(26-30-43)57-38-19-13-35(14-20-38)49(8,9)36-15-21-41(22-16-36)58-45(51)48(6,7)33-47(4,5)44(50)55-32-31-54-10/h11-30H,31-33H2,1-10H3. The predicted octanol–water partition coefficient (Wildman–Crippen LogP) is 11.3. The van der Waals surface area contributed by atoms with Crippen LogP contribution in [0.3, 0.4) is 0 Å². The summed E-state index contributed by atoms with van der Waals surface area (Å²) >= 11 is 0. The van der Waals surface area contributed by atoms with Crippen LogP contribution >= 0.6 is 0 Å². The van der Waals surface area contributed by atoms with Crippen LogP contribution in [0.1, 0.15) is 85.4 Å². The van der Waals surface area contributed by atoms with Gasteiger partial charge in [-0.25, -0.2) is 8.42 Å². The van der Waals surface area contributed by atoms with E-state index in [1.807, 2.05) is 60.7 Å². The summed E-state index contributed by atoms with van der Waals surface area (Å²) < 4.78 is 54.9. The molecular weight excluding hydrogens is 765 g/mol. The van der Waals surface area contributed by atoms with E-state index >= 15 is 0 Å². The Bertz CT molecular complexity index is 2300. The Hall–Kier alpha value is -5.45. The Morgan fingerprint density at radius 2 is 0.831 bits per heavy atom. The number of benzene rings is 5. The molecule has 0 saturated carbocycles. The van der Waals surface area contributed by atoms with Gasteiger partial charge in [0.1, 0.15) is 35.4 Å². The maximum Gasteiger partial charge on any atom is 0.316 e. The van der Waals surface area contributed by atoms with Gasteiger partial charge in [0.05, 0.1) is 27.2 Å². The van der Waals surface area contributed by atoms with Crippen molar-refractivity contribution in [3.63, 3.8) is 0 Å². The molecule has 0 saturated heterocycles. The second-order valence-corrected chi connectivity index (χ2v) is 19.5. The van der Waals surface area contributed by atoms with Gasteiger partial charge in [-0.2, -0.15) is 0 Å². The van der Waals surface area contributed by atoms with E-state index in [9.17, 15) is 18.0 Å². The van der Waals surface area contributed by atoms with E-state index in [4.69, 9.17) is 23.7 Å². The van der Waals surface area contributed by atoms with Gasteiger partial charge >= 0.3 is 11.9 Å². The Labute approximate surface area is 349 Å². The number of rotatable bonds is 16. The van der Waals surface area contributed by atoms with Gasteiger partial charge in [-0.1, -0.05) is 71.0 Å². The predicted molar refractivity (Wildman–Crippen MR) is 229 cm³/mol. The largest absolute Gasteiger partial charge is 0.463 e. The van der Waals surface area contributed by atoms with Crippen LogP contribution in [-0.4, -0.2) is 40.7 Å². The van der Waals surface area contributed by atoms with E-state index < -0.39 is 38.0 Å². The number of methoxy groups -OCH3 is 1. The Balaban J connectivity index is 1.16. The molecule has 0 aliphatic carbocycles. The number of carbonyl (C=O) groups excluding carboxylic acids is 2. The van der Waals surface area contributed by atoms with Crippen molar-refractivity contribution in [3.8, 4) is 28.7 Å². The number of hydrogen-bond donors (Lipinski definition) is 0. The van der Waals surface area contributed by atoms with Gasteiger partial charge in [-0.3, -0.25) is 9.59 Å². The summed E-state index contributed by atoms with van der Waals surface area (Å²) in [5.74, 6) is 1.88. The number of sulfone groups is 1. The lowest BCUT2D eigenvalue weighted by molar-refractivity contribution is -0.159. The average Bonchev–Trinajstić information content (AvgIpc) is 3.18. The molecular formula is C49H56O9S. The molecule has 0 aliphatic heterocycles. The van der Waals surface area contributed by atoms with Crippen molar-refractivity contribution in [1.82, 2.24) is 0 Å². The summed E-state index contributed by atoms with van der Waals surface area (Å²) in [5.41, 5.74) is 1.03. The zero-order chi connectivity index (χ0) is 43.2. The molecule has 0 aromatic heterocycles. The summed E-state index contributed by atoms with van der Waals surface area (Å²) in [6, 6.07) is 35.8. The minimum atomic E-state index is -3.77. The van der Waals surface area contributed by atoms with E-state index in [-0.39, 0.29) is 28.2 Å². The second-order valence-electron chi connectivity index (χ2n) is 17.6. The maximum absolute atomic E-state index is 13.4. The highest BCUT2D eigenvalue weighted by Crippen LogP contribution is 2.38. The minimum Gasteiger partial charge on any atom is -0.463 e. The summed E-state index contributed by atoms with van der Waals surface area (Å²) in [6.45, 7) is 18.1. The molecule has 0 fully saturated rings. The first kappa shape index (κ1) is 44.6. The van der Waals surface area contributed by atoms with E-state index in [1.165, 1.54) is 24.8 Å². The van der Waals surface area contributed by atoms with E-state index in [1.54, 1.807) is 76.2 Å². The molecule has 10 heteroatoms. The maximum atomic E-state index is 13.4. The average molecular weight is 821 g/mol. The van der Waals surface area contributed by atoms with Crippen LogP contribution in [0.5, 0.6) is 28.7 Å². The molecule has 0 unspecified atom stereocenters. The molecule has 0 bridgehead atoms. The molecule has 59 heavy (non-hydrogen) atoms. The lowest BCUT2D eigenvalue weighted by Crippen LogP contribution is -2.38. The topological polar surface area (TPSA) is 114 Å². The van der Waals surface area contributed by atoms with Crippen LogP contribution in [-0.2, 0) is 39.7 Å². The monoisotopic (exact) mass is 820 g/mol. The third-order valence-corrected chi connectivity index (χ3v) is 12.1. The van der Waals surface area contributed by atoms with Crippen LogP contribution in [0.4, 0.5) is 0 Å². The number of esters is 2. The SMILES string of the molecule is COCCOC(=O)C(C)(C)CC(C)(C)C(=O)Oc1ccc(C(C)(C)c2ccc(Oc3ccc(S(=O)(=O)c4ccc(Oc5ccc(C(C)(C)C)cc5)cc4)cc3)cc2)cc1. The van der Waals surface area contributed by atoms with Gasteiger partial charge in [-0.05, 0) is 141 Å². The molecule has 5 aromatic rings.